The molecule has 0 fully saturated rings. The molecule has 0 spiro atoms. The van der Waals surface area contributed by atoms with E-state index in [1.165, 1.54) is 42.5 Å². The molecule has 2 rings (SSSR count). The van der Waals surface area contributed by atoms with Gasteiger partial charge in [-0.3, -0.25) is 0 Å². The fourth-order valence-electron chi connectivity index (χ4n) is 1.72. The Morgan fingerprint density at radius 2 is 1.76 bits per heavy atom. The number of para-hydroxylation sites is 1. The fraction of sp³-hybridized carbons (Fsp3) is 0.133. The Morgan fingerprint density at radius 3 is 2.43 bits per heavy atom. The minimum absolute atomic E-state index is 0.0475. The number of anilines is 1. The van der Waals surface area contributed by atoms with Gasteiger partial charge in [-0.05, 0) is 29.8 Å². The number of rotatable bonds is 4. The number of hydrogen-bond acceptors (Lipinski definition) is 2. The van der Waals surface area contributed by atoms with Crippen LogP contribution in [-0.4, -0.2) is 17.7 Å². The number of aliphatic hydroxyl groups excluding tert-OH is 1. The van der Waals surface area contributed by atoms with E-state index >= 15 is 0 Å². The van der Waals surface area contributed by atoms with E-state index in [1.807, 2.05) is 0 Å². The SMILES string of the molecule is O=C(NCC(O)c1ccc(F)cc1)Nc1ccccc1F. The average molecular weight is 292 g/mol. The lowest BCUT2D eigenvalue weighted by Crippen LogP contribution is -2.32. The number of halogens is 2. The van der Waals surface area contributed by atoms with E-state index in [0.717, 1.165) is 0 Å². The number of aliphatic hydroxyl groups is 1. The first kappa shape index (κ1) is 14.9. The molecule has 1 atom stereocenters. The van der Waals surface area contributed by atoms with Crippen molar-refractivity contribution in [2.75, 3.05) is 11.9 Å². The zero-order valence-electron chi connectivity index (χ0n) is 11.0. The normalized spacial score (nSPS) is 11.8. The van der Waals surface area contributed by atoms with Crippen molar-refractivity contribution in [3.63, 3.8) is 0 Å². The van der Waals surface area contributed by atoms with Crippen LogP contribution in [0.2, 0.25) is 0 Å². The van der Waals surface area contributed by atoms with E-state index in [-0.39, 0.29) is 12.2 Å². The van der Waals surface area contributed by atoms with Crippen LogP contribution < -0.4 is 10.6 Å². The van der Waals surface area contributed by atoms with Crippen molar-refractivity contribution in [1.29, 1.82) is 0 Å². The standard InChI is InChI=1S/C15H14F2N2O2/c16-11-7-5-10(6-8-11)14(20)9-18-15(21)19-13-4-2-1-3-12(13)17/h1-8,14,20H,9H2,(H2,18,19,21). The molecule has 0 heterocycles. The second-order valence-corrected chi connectivity index (χ2v) is 4.38. The highest BCUT2D eigenvalue weighted by Gasteiger charge is 2.10. The molecule has 21 heavy (non-hydrogen) atoms. The number of carbonyl (C=O) groups is 1. The van der Waals surface area contributed by atoms with Crippen molar-refractivity contribution in [2.24, 2.45) is 0 Å². The molecule has 110 valence electrons. The van der Waals surface area contributed by atoms with E-state index in [0.29, 0.717) is 5.56 Å². The molecule has 1 unspecified atom stereocenters. The molecule has 0 aliphatic carbocycles. The first-order valence-corrected chi connectivity index (χ1v) is 6.29. The summed E-state index contributed by atoms with van der Waals surface area (Å²) in [4.78, 5) is 11.6. The number of nitrogens with one attached hydrogen (secondary N) is 2. The maximum absolute atomic E-state index is 13.3. The number of amides is 2. The fourth-order valence-corrected chi connectivity index (χ4v) is 1.72. The van der Waals surface area contributed by atoms with Crippen molar-refractivity contribution in [1.82, 2.24) is 5.32 Å². The Kier molecular flexibility index (Phi) is 4.84. The third-order valence-electron chi connectivity index (χ3n) is 2.83. The zero-order chi connectivity index (χ0) is 15.2. The Morgan fingerprint density at radius 1 is 1.10 bits per heavy atom. The van der Waals surface area contributed by atoms with Gasteiger partial charge in [0.15, 0.2) is 0 Å². The third-order valence-corrected chi connectivity index (χ3v) is 2.83. The summed E-state index contributed by atoms with van der Waals surface area (Å²) in [5.74, 6) is -0.956. The summed E-state index contributed by atoms with van der Waals surface area (Å²) in [6, 6.07) is 10.4. The van der Waals surface area contributed by atoms with Crippen LogP contribution in [-0.2, 0) is 0 Å². The van der Waals surface area contributed by atoms with E-state index in [9.17, 15) is 18.7 Å². The summed E-state index contributed by atoms with van der Waals surface area (Å²) in [5, 5.41) is 14.6. The van der Waals surface area contributed by atoms with Gasteiger partial charge < -0.3 is 15.7 Å². The number of urea groups is 1. The monoisotopic (exact) mass is 292 g/mol. The topological polar surface area (TPSA) is 61.4 Å². The summed E-state index contributed by atoms with van der Waals surface area (Å²) in [6.07, 6.45) is -0.975. The van der Waals surface area contributed by atoms with Gasteiger partial charge in [0.25, 0.3) is 0 Å². The van der Waals surface area contributed by atoms with Gasteiger partial charge in [0.1, 0.15) is 11.6 Å². The van der Waals surface area contributed by atoms with Crippen molar-refractivity contribution < 1.29 is 18.7 Å². The predicted molar refractivity (Wildman–Crippen MR) is 74.8 cm³/mol. The average Bonchev–Trinajstić information content (AvgIpc) is 2.48. The summed E-state index contributed by atoms with van der Waals surface area (Å²) >= 11 is 0. The molecule has 0 saturated heterocycles. The van der Waals surface area contributed by atoms with Crippen LogP contribution in [0, 0.1) is 11.6 Å². The molecule has 0 aliphatic heterocycles. The lowest BCUT2D eigenvalue weighted by Gasteiger charge is -2.13. The smallest absolute Gasteiger partial charge is 0.319 e. The quantitative estimate of drug-likeness (QED) is 0.811. The Bertz CT molecular complexity index is 617. The molecule has 0 bridgehead atoms. The summed E-state index contributed by atoms with van der Waals surface area (Å²) in [6.45, 7) is -0.0775. The molecule has 2 aromatic rings. The minimum Gasteiger partial charge on any atom is -0.387 e. The molecule has 6 heteroatoms. The molecule has 0 saturated carbocycles. The first-order valence-electron chi connectivity index (χ1n) is 6.29. The van der Waals surface area contributed by atoms with Crippen LogP contribution in [0.1, 0.15) is 11.7 Å². The maximum Gasteiger partial charge on any atom is 0.319 e. The summed E-state index contributed by atoms with van der Waals surface area (Å²) in [5.41, 5.74) is 0.522. The van der Waals surface area contributed by atoms with E-state index < -0.39 is 23.8 Å². The maximum atomic E-state index is 13.3. The van der Waals surface area contributed by atoms with Crippen molar-refractivity contribution >= 4 is 11.7 Å². The van der Waals surface area contributed by atoms with Crippen molar-refractivity contribution in [2.45, 2.75) is 6.10 Å². The minimum atomic E-state index is -0.975. The van der Waals surface area contributed by atoms with Gasteiger partial charge >= 0.3 is 6.03 Å². The first-order chi connectivity index (χ1) is 10.1. The highest BCUT2D eigenvalue weighted by molar-refractivity contribution is 5.89. The Hall–Kier alpha value is -2.47. The van der Waals surface area contributed by atoms with Gasteiger partial charge in [-0.25, -0.2) is 13.6 Å². The molecular weight excluding hydrogens is 278 g/mol. The second kappa shape index (κ2) is 6.81. The second-order valence-electron chi connectivity index (χ2n) is 4.38. The Labute approximate surface area is 120 Å². The number of benzene rings is 2. The molecule has 4 nitrogen and oxygen atoms in total. The van der Waals surface area contributed by atoms with Gasteiger partial charge in [-0.2, -0.15) is 0 Å². The largest absolute Gasteiger partial charge is 0.387 e. The number of carbonyl (C=O) groups excluding carboxylic acids is 1. The van der Waals surface area contributed by atoms with Crippen LogP contribution in [0.25, 0.3) is 0 Å². The summed E-state index contributed by atoms with van der Waals surface area (Å²) in [7, 11) is 0. The molecule has 0 aromatic heterocycles. The zero-order valence-corrected chi connectivity index (χ0v) is 11.0. The van der Waals surface area contributed by atoms with E-state index in [4.69, 9.17) is 0 Å². The van der Waals surface area contributed by atoms with E-state index in [2.05, 4.69) is 10.6 Å². The van der Waals surface area contributed by atoms with Crippen LogP contribution in [0.15, 0.2) is 48.5 Å². The van der Waals surface area contributed by atoms with Crippen LogP contribution in [0.3, 0.4) is 0 Å². The highest BCUT2D eigenvalue weighted by Crippen LogP contribution is 2.14. The van der Waals surface area contributed by atoms with Crippen molar-refractivity contribution in [3.05, 3.63) is 65.7 Å². The molecule has 2 amide bonds. The molecule has 3 N–H and O–H groups in total. The van der Waals surface area contributed by atoms with Crippen LogP contribution >= 0.6 is 0 Å². The molecular formula is C15H14F2N2O2. The predicted octanol–water partition coefficient (Wildman–Crippen LogP) is 2.82. The highest BCUT2D eigenvalue weighted by atomic mass is 19.1. The molecule has 2 aromatic carbocycles. The van der Waals surface area contributed by atoms with Gasteiger partial charge in [-0.15, -0.1) is 0 Å². The molecule has 0 radical (unpaired) electrons. The van der Waals surface area contributed by atoms with Gasteiger partial charge in [0.2, 0.25) is 0 Å². The third kappa shape index (κ3) is 4.25. The summed E-state index contributed by atoms with van der Waals surface area (Å²) < 4.78 is 26.1. The van der Waals surface area contributed by atoms with E-state index in [1.54, 1.807) is 6.07 Å². The van der Waals surface area contributed by atoms with Crippen molar-refractivity contribution in [3.8, 4) is 0 Å². The van der Waals surface area contributed by atoms with Gasteiger partial charge in [0.05, 0.1) is 11.8 Å². The van der Waals surface area contributed by atoms with Crippen LogP contribution in [0.4, 0.5) is 19.3 Å². The lowest BCUT2D eigenvalue weighted by atomic mass is 10.1. The Balaban J connectivity index is 1.86. The van der Waals surface area contributed by atoms with Crippen LogP contribution in [0.5, 0.6) is 0 Å². The molecule has 0 aliphatic rings. The number of hydrogen-bond donors (Lipinski definition) is 3. The van der Waals surface area contributed by atoms with Gasteiger partial charge in [0, 0.05) is 6.54 Å². The lowest BCUT2D eigenvalue weighted by molar-refractivity contribution is 0.175. The van der Waals surface area contributed by atoms with Gasteiger partial charge in [-0.1, -0.05) is 24.3 Å².